The SMILES string of the molecule is S.S.[Au].[Au].[Se].[Se]. The summed E-state index contributed by atoms with van der Waals surface area (Å²) in [6.45, 7) is 0. The molecule has 0 aliphatic heterocycles. The molecule has 0 saturated heterocycles. The molecule has 6 heteroatoms. The van der Waals surface area contributed by atoms with Gasteiger partial charge < -0.3 is 0 Å². The van der Waals surface area contributed by atoms with Gasteiger partial charge in [-0.15, -0.1) is 0 Å². The van der Waals surface area contributed by atoms with Gasteiger partial charge in [-0.1, -0.05) is 0 Å². The van der Waals surface area contributed by atoms with Gasteiger partial charge in [-0.25, -0.2) is 0 Å². The Labute approximate surface area is 104 Å². The molecular formula is H4Au2S2Se2. The van der Waals surface area contributed by atoms with Gasteiger partial charge in [0.15, 0.2) is 0 Å². The Morgan fingerprint density at radius 1 is 0.500 bits per heavy atom. The first-order chi connectivity index (χ1) is 0. The molecule has 0 spiro atoms. The molecule has 0 saturated carbocycles. The van der Waals surface area contributed by atoms with Gasteiger partial charge in [0.2, 0.25) is 0 Å². The molecule has 0 rings (SSSR count). The smallest absolute Gasteiger partial charge is 0 e. The zero-order chi connectivity index (χ0) is 0. The molecule has 0 heterocycles. The predicted octanol–water partition coefficient (Wildman–Crippen LogP) is -0.541. The second-order valence-electron chi connectivity index (χ2n) is 0. The summed E-state index contributed by atoms with van der Waals surface area (Å²) in [6, 6.07) is 0. The van der Waals surface area contributed by atoms with Gasteiger partial charge >= 0.3 is 0 Å². The third-order valence-corrected chi connectivity index (χ3v) is 0. The van der Waals surface area contributed by atoms with Crippen molar-refractivity contribution in [2.75, 3.05) is 0 Å². The van der Waals surface area contributed by atoms with Crippen LogP contribution in [0.1, 0.15) is 0 Å². The van der Waals surface area contributed by atoms with Crippen LogP contribution in [0.4, 0.5) is 0 Å². The summed E-state index contributed by atoms with van der Waals surface area (Å²) < 4.78 is 0. The molecule has 0 aliphatic carbocycles. The van der Waals surface area contributed by atoms with E-state index in [1.165, 1.54) is 0 Å². The number of hydrogen-bond acceptors (Lipinski definition) is 0. The van der Waals surface area contributed by atoms with Crippen molar-refractivity contribution in [3.05, 3.63) is 0 Å². The zero-order valence-electron chi connectivity index (χ0n) is 2.42. The van der Waals surface area contributed by atoms with Crippen LogP contribution in [-0.2, 0) is 44.8 Å². The number of hydrogen-bond donors (Lipinski definition) is 0. The molecule has 0 atom stereocenters. The van der Waals surface area contributed by atoms with E-state index in [9.17, 15) is 0 Å². The molecule has 6 radical (unpaired) electrons. The molecule has 0 nitrogen and oxygen atoms in total. The monoisotopic (exact) mass is 622 g/mol. The van der Waals surface area contributed by atoms with Crippen molar-refractivity contribution in [3.63, 3.8) is 0 Å². The van der Waals surface area contributed by atoms with Crippen LogP contribution in [0.25, 0.3) is 0 Å². The van der Waals surface area contributed by atoms with E-state index < -0.39 is 0 Å². The van der Waals surface area contributed by atoms with E-state index in [2.05, 4.69) is 0 Å². The van der Waals surface area contributed by atoms with Crippen molar-refractivity contribution in [1.29, 1.82) is 0 Å². The van der Waals surface area contributed by atoms with Gasteiger partial charge in [-0.2, -0.15) is 27.0 Å². The van der Waals surface area contributed by atoms with Crippen molar-refractivity contribution >= 4 is 61.1 Å². The molecule has 0 amide bonds. The molecule has 0 aliphatic rings. The van der Waals surface area contributed by atoms with Gasteiger partial charge in [-0.3, -0.25) is 0 Å². The van der Waals surface area contributed by atoms with Crippen LogP contribution >= 0.6 is 27.0 Å². The summed E-state index contributed by atoms with van der Waals surface area (Å²) in [6.07, 6.45) is 0. The maximum absolute atomic E-state index is 0. The molecule has 0 aromatic carbocycles. The quantitative estimate of drug-likeness (QED) is 0.320. The van der Waals surface area contributed by atoms with Gasteiger partial charge in [0.05, 0.1) is 0 Å². The van der Waals surface area contributed by atoms with Crippen LogP contribution < -0.4 is 0 Å². The third kappa shape index (κ3) is 26.9. The second-order valence-corrected chi connectivity index (χ2v) is 0. The molecule has 6 heavy (non-hydrogen) atoms. The average molecular weight is 620 g/mol. The molecule has 0 fully saturated rings. The largest absolute Gasteiger partial charge is 0.197 e. The van der Waals surface area contributed by atoms with Gasteiger partial charge in [0.1, 0.15) is 0 Å². The van der Waals surface area contributed by atoms with Crippen molar-refractivity contribution in [3.8, 4) is 0 Å². The van der Waals surface area contributed by atoms with E-state index in [0.29, 0.717) is 0 Å². The van der Waals surface area contributed by atoms with Crippen LogP contribution in [0.15, 0.2) is 0 Å². The first-order valence-electron chi connectivity index (χ1n) is 0. The van der Waals surface area contributed by atoms with Crippen LogP contribution in [0.5, 0.6) is 0 Å². The van der Waals surface area contributed by atoms with Crippen LogP contribution in [0, 0.1) is 0 Å². The van der Waals surface area contributed by atoms with E-state index >= 15 is 0 Å². The second kappa shape index (κ2) is 41.3. The fourth-order valence-corrected chi connectivity index (χ4v) is 0. The molecule has 0 bridgehead atoms. The summed E-state index contributed by atoms with van der Waals surface area (Å²) >= 11 is 0. The zero-order valence-corrected chi connectivity index (χ0v) is 12.2. The summed E-state index contributed by atoms with van der Waals surface area (Å²) in [5, 5.41) is 0. The molecule has 0 aromatic heterocycles. The average Bonchev–Trinajstić information content (AvgIpc) is 0. The molecule has 0 unspecified atom stereocenters. The normalized spacial score (nSPS) is 0. The van der Waals surface area contributed by atoms with E-state index in [-0.39, 0.29) is 106 Å². The van der Waals surface area contributed by atoms with E-state index in [4.69, 9.17) is 0 Å². The Bertz CT molecular complexity index is 9.51. The van der Waals surface area contributed by atoms with Crippen molar-refractivity contribution in [1.82, 2.24) is 0 Å². The summed E-state index contributed by atoms with van der Waals surface area (Å²) in [5.74, 6) is 0. The fraction of sp³-hybridized carbons (Fsp3) is 0. The summed E-state index contributed by atoms with van der Waals surface area (Å²) in [5.41, 5.74) is 0. The predicted molar refractivity (Wildman–Crippen MR) is 32.3 cm³/mol. The molecule has 0 N–H and O–H groups in total. The third-order valence-electron chi connectivity index (χ3n) is 0. The maximum atomic E-state index is 0. The number of rotatable bonds is 0. The minimum atomic E-state index is 0. The first-order valence-corrected chi connectivity index (χ1v) is 0. The Balaban J connectivity index is 0. The van der Waals surface area contributed by atoms with Gasteiger partial charge in [-0.05, 0) is 0 Å². The Morgan fingerprint density at radius 3 is 0.500 bits per heavy atom. The van der Waals surface area contributed by atoms with Crippen molar-refractivity contribution in [2.24, 2.45) is 0 Å². The Morgan fingerprint density at radius 2 is 0.500 bits per heavy atom. The Kier molecular flexibility index (Phi) is 414. The van der Waals surface area contributed by atoms with Gasteiger partial charge in [0.25, 0.3) is 0 Å². The van der Waals surface area contributed by atoms with Crippen LogP contribution in [0.3, 0.4) is 0 Å². The molecular weight excluding hydrogens is 616 g/mol. The summed E-state index contributed by atoms with van der Waals surface area (Å²) in [4.78, 5) is 0. The van der Waals surface area contributed by atoms with Gasteiger partial charge in [0, 0.05) is 78.9 Å². The molecule has 0 aromatic rings. The van der Waals surface area contributed by atoms with E-state index in [1.54, 1.807) is 0 Å². The van der Waals surface area contributed by atoms with E-state index in [1.807, 2.05) is 0 Å². The minimum Gasteiger partial charge on any atom is -0.197 e. The first kappa shape index (κ1) is 60.1. The van der Waals surface area contributed by atoms with Crippen LogP contribution in [0.2, 0.25) is 0 Å². The van der Waals surface area contributed by atoms with Crippen molar-refractivity contribution < 1.29 is 44.8 Å². The topological polar surface area (TPSA) is 0 Å². The van der Waals surface area contributed by atoms with Crippen LogP contribution in [-0.4, -0.2) is 34.1 Å². The standard InChI is InChI=1S/2Au.2H2S.2Se/h;;2*1H2;;. The Hall–Kier alpha value is 3.22. The maximum Gasteiger partial charge on any atom is 0 e. The summed E-state index contributed by atoms with van der Waals surface area (Å²) in [7, 11) is 0. The van der Waals surface area contributed by atoms with E-state index in [0.717, 1.165) is 0 Å². The fourth-order valence-electron chi connectivity index (χ4n) is 0. The molecule has 50 valence electrons. The minimum absolute atomic E-state index is 0. The van der Waals surface area contributed by atoms with Crippen molar-refractivity contribution in [2.45, 2.75) is 0 Å².